The number of hydrogen-bond acceptors (Lipinski definition) is 3. The molecule has 1 heterocycles. The molecular formula is C8H12F3NO3. The number of halogens is 3. The summed E-state index contributed by atoms with van der Waals surface area (Å²) in [7, 11) is 0. The summed E-state index contributed by atoms with van der Waals surface area (Å²) in [5.74, 6) is -1.16. The molecule has 15 heavy (non-hydrogen) atoms. The zero-order chi connectivity index (χ0) is 11.7. The van der Waals surface area contributed by atoms with Gasteiger partial charge in [0.2, 0.25) is 0 Å². The predicted molar refractivity (Wildman–Crippen MR) is 44.3 cm³/mol. The van der Waals surface area contributed by atoms with Crippen LogP contribution in [0.3, 0.4) is 0 Å². The second-order valence-corrected chi connectivity index (χ2v) is 3.79. The molecule has 0 spiro atoms. The minimum absolute atomic E-state index is 0.0480. The first-order valence-corrected chi connectivity index (χ1v) is 4.42. The minimum atomic E-state index is -4.49. The van der Waals surface area contributed by atoms with Crippen LogP contribution in [-0.4, -0.2) is 53.5 Å². The van der Waals surface area contributed by atoms with Crippen molar-refractivity contribution in [2.45, 2.75) is 12.6 Å². The number of carboxylic acids is 1. The lowest BCUT2D eigenvalue weighted by Crippen LogP contribution is -2.44. The molecule has 1 aliphatic rings. The Morgan fingerprint density at radius 3 is 2.40 bits per heavy atom. The van der Waals surface area contributed by atoms with Gasteiger partial charge < -0.3 is 10.2 Å². The first-order chi connectivity index (χ1) is 6.81. The molecule has 0 aliphatic carbocycles. The van der Waals surface area contributed by atoms with Gasteiger partial charge in [0, 0.05) is 6.54 Å². The number of aliphatic hydroxyl groups is 1. The van der Waals surface area contributed by atoms with Gasteiger partial charge in [0.25, 0.3) is 0 Å². The Morgan fingerprint density at radius 2 is 2.07 bits per heavy atom. The maximum Gasteiger partial charge on any atom is 0.397 e. The van der Waals surface area contributed by atoms with Gasteiger partial charge in [0.15, 0.2) is 0 Å². The first kappa shape index (κ1) is 12.3. The number of likely N-dealkylation sites (tertiary alicyclic amines) is 1. The van der Waals surface area contributed by atoms with Crippen molar-refractivity contribution in [3.05, 3.63) is 0 Å². The highest BCUT2D eigenvalue weighted by Gasteiger charge is 2.57. The highest BCUT2D eigenvalue weighted by molar-refractivity contribution is 5.69. The van der Waals surface area contributed by atoms with E-state index in [4.69, 9.17) is 10.2 Å². The van der Waals surface area contributed by atoms with E-state index in [1.54, 1.807) is 0 Å². The summed E-state index contributed by atoms with van der Waals surface area (Å²) in [6.07, 6.45) is -4.74. The zero-order valence-electron chi connectivity index (χ0n) is 7.92. The standard InChI is InChI=1S/C8H12F3NO3/c9-8(10,11)7(5-13)1-2-12(4-7)3-6(14)15/h13H,1-5H2,(H,14,15)/t7-/m1/s1. The monoisotopic (exact) mass is 227 g/mol. The van der Waals surface area contributed by atoms with Crippen LogP contribution in [0.25, 0.3) is 0 Å². The number of hydrogen-bond donors (Lipinski definition) is 2. The van der Waals surface area contributed by atoms with E-state index in [0.29, 0.717) is 0 Å². The van der Waals surface area contributed by atoms with Crippen molar-refractivity contribution < 1.29 is 28.2 Å². The third kappa shape index (κ3) is 2.40. The van der Waals surface area contributed by atoms with Crippen molar-refractivity contribution in [1.29, 1.82) is 0 Å². The summed E-state index contributed by atoms with van der Waals surface area (Å²) in [6, 6.07) is 0. The summed E-state index contributed by atoms with van der Waals surface area (Å²) >= 11 is 0. The zero-order valence-corrected chi connectivity index (χ0v) is 7.92. The highest BCUT2D eigenvalue weighted by atomic mass is 19.4. The molecule has 0 aromatic carbocycles. The molecule has 88 valence electrons. The van der Waals surface area contributed by atoms with Gasteiger partial charge in [-0.25, -0.2) is 0 Å². The van der Waals surface area contributed by atoms with E-state index < -0.39 is 37.3 Å². The van der Waals surface area contributed by atoms with Crippen LogP contribution in [0.2, 0.25) is 0 Å². The lowest BCUT2D eigenvalue weighted by molar-refractivity contribution is -0.230. The second-order valence-electron chi connectivity index (χ2n) is 3.79. The largest absolute Gasteiger partial charge is 0.480 e. The highest BCUT2D eigenvalue weighted by Crippen LogP contribution is 2.44. The van der Waals surface area contributed by atoms with Crippen molar-refractivity contribution in [1.82, 2.24) is 4.90 Å². The lowest BCUT2D eigenvalue weighted by atomic mass is 9.87. The Kier molecular flexibility index (Phi) is 3.25. The fourth-order valence-corrected chi connectivity index (χ4v) is 1.73. The van der Waals surface area contributed by atoms with E-state index in [9.17, 15) is 18.0 Å². The molecular weight excluding hydrogens is 215 g/mol. The molecule has 0 radical (unpaired) electrons. The minimum Gasteiger partial charge on any atom is -0.480 e. The van der Waals surface area contributed by atoms with Gasteiger partial charge in [0.1, 0.15) is 5.41 Å². The molecule has 0 bridgehead atoms. The third-order valence-electron chi connectivity index (χ3n) is 2.70. The van der Waals surface area contributed by atoms with Crippen LogP contribution in [0.4, 0.5) is 13.2 Å². The summed E-state index contributed by atoms with van der Waals surface area (Å²) in [6.45, 7) is -1.81. The Bertz CT molecular complexity index is 256. The summed E-state index contributed by atoms with van der Waals surface area (Å²) < 4.78 is 37.8. The van der Waals surface area contributed by atoms with Crippen molar-refractivity contribution >= 4 is 5.97 Å². The van der Waals surface area contributed by atoms with Crippen molar-refractivity contribution in [3.63, 3.8) is 0 Å². The van der Waals surface area contributed by atoms with Crippen LogP contribution in [0.1, 0.15) is 6.42 Å². The third-order valence-corrected chi connectivity index (χ3v) is 2.70. The van der Waals surface area contributed by atoms with Gasteiger partial charge in [-0.15, -0.1) is 0 Å². The van der Waals surface area contributed by atoms with Gasteiger partial charge in [-0.3, -0.25) is 9.69 Å². The molecule has 1 rings (SSSR count). The van der Waals surface area contributed by atoms with E-state index in [-0.39, 0.29) is 13.0 Å². The molecule has 1 fully saturated rings. The van der Waals surface area contributed by atoms with Gasteiger partial charge in [0.05, 0.1) is 13.2 Å². The number of aliphatic hydroxyl groups excluding tert-OH is 1. The van der Waals surface area contributed by atoms with Gasteiger partial charge in [-0.05, 0) is 13.0 Å². The van der Waals surface area contributed by atoms with Crippen LogP contribution in [0, 0.1) is 5.41 Å². The predicted octanol–water partition coefficient (Wildman–Crippen LogP) is 0.318. The SMILES string of the molecule is O=C(O)CN1CC[C@@](CO)(C(F)(F)F)C1. The topological polar surface area (TPSA) is 60.8 Å². The summed E-state index contributed by atoms with van der Waals surface area (Å²) in [5, 5.41) is 17.2. The average Bonchev–Trinajstić information content (AvgIpc) is 2.47. The molecule has 0 saturated carbocycles. The normalized spacial score (nSPS) is 28.3. The quantitative estimate of drug-likeness (QED) is 0.728. The molecule has 0 aromatic rings. The Hall–Kier alpha value is -0.820. The van der Waals surface area contributed by atoms with Crippen LogP contribution in [0.15, 0.2) is 0 Å². The molecule has 1 atom stereocenters. The average molecular weight is 227 g/mol. The maximum atomic E-state index is 12.6. The number of carboxylic acid groups (broad SMARTS) is 1. The Morgan fingerprint density at radius 1 is 1.47 bits per heavy atom. The fourth-order valence-electron chi connectivity index (χ4n) is 1.73. The number of alkyl halides is 3. The van der Waals surface area contributed by atoms with Crippen molar-refractivity contribution in [2.75, 3.05) is 26.2 Å². The molecule has 0 aromatic heterocycles. The molecule has 1 aliphatic heterocycles. The summed E-state index contributed by atoms with van der Waals surface area (Å²) in [4.78, 5) is 11.5. The van der Waals surface area contributed by atoms with Gasteiger partial charge >= 0.3 is 12.1 Å². The van der Waals surface area contributed by atoms with Crippen LogP contribution in [0.5, 0.6) is 0 Å². The van der Waals surface area contributed by atoms with Gasteiger partial charge in [-0.2, -0.15) is 13.2 Å². The second kappa shape index (κ2) is 3.97. The van der Waals surface area contributed by atoms with Crippen LogP contribution >= 0.6 is 0 Å². The van der Waals surface area contributed by atoms with E-state index in [2.05, 4.69) is 0 Å². The smallest absolute Gasteiger partial charge is 0.397 e. The number of aliphatic carboxylic acids is 1. The van der Waals surface area contributed by atoms with Crippen molar-refractivity contribution in [3.8, 4) is 0 Å². The molecule has 1 saturated heterocycles. The Balaban J connectivity index is 2.69. The van der Waals surface area contributed by atoms with E-state index in [1.807, 2.05) is 0 Å². The molecule has 0 unspecified atom stereocenters. The summed E-state index contributed by atoms with van der Waals surface area (Å²) in [5.41, 5.74) is -2.15. The first-order valence-electron chi connectivity index (χ1n) is 4.42. The van der Waals surface area contributed by atoms with E-state index in [1.165, 1.54) is 4.90 Å². The Labute approximate surface area is 84.3 Å². The van der Waals surface area contributed by atoms with Gasteiger partial charge in [-0.1, -0.05) is 0 Å². The lowest BCUT2D eigenvalue weighted by Gasteiger charge is -2.29. The molecule has 2 N–H and O–H groups in total. The maximum absolute atomic E-state index is 12.6. The molecule has 4 nitrogen and oxygen atoms in total. The number of nitrogens with zero attached hydrogens (tertiary/aromatic N) is 1. The van der Waals surface area contributed by atoms with Crippen LogP contribution < -0.4 is 0 Å². The molecule has 7 heteroatoms. The fraction of sp³-hybridized carbons (Fsp3) is 0.875. The van der Waals surface area contributed by atoms with Crippen LogP contribution in [-0.2, 0) is 4.79 Å². The van der Waals surface area contributed by atoms with E-state index in [0.717, 1.165) is 0 Å². The van der Waals surface area contributed by atoms with E-state index >= 15 is 0 Å². The van der Waals surface area contributed by atoms with Crippen molar-refractivity contribution in [2.24, 2.45) is 5.41 Å². The number of carbonyl (C=O) groups is 1. The number of rotatable bonds is 3. The molecule has 0 amide bonds.